The Kier molecular flexibility index (Phi) is 5.76. The molecule has 29 heavy (non-hydrogen) atoms. The molecule has 2 heterocycles. The van der Waals surface area contributed by atoms with E-state index < -0.39 is 12.1 Å². The van der Waals surface area contributed by atoms with Crippen molar-refractivity contribution >= 4 is 11.9 Å². The maximum absolute atomic E-state index is 13.6. The lowest BCUT2D eigenvalue weighted by atomic mass is 9.92. The van der Waals surface area contributed by atoms with E-state index in [0.29, 0.717) is 13.0 Å². The van der Waals surface area contributed by atoms with Gasteiger partial charge in [-0.1, -0.05) is 72.8 Å². The van der Waals surface area contributed by atoms with Crippen molar-refractivity contribution in [3.8, 4) is 0 Å². The number of nitrogens with zero attached hydrogens (tertiary/aromatic N) is 1. The minimum atomic E-state index is -0.705. The highest BCUT2D eigenvalue weighted by Crippen LogP contribution is 2.35. The summed E-state index contributed by atoms with van der Waals surface area (Å²) in [6, 6.07) is 19.0. The molecule has 0 N–H and O–H groups in total. The van der Waals surface area contributed by atoms with Gasteiger partial charge in [0.1, 0.15) is 12.1 Å². The van der Waals surface area contributed by atoms with Crippen molar-refractivity contribution < 1.29 is 19.1 Å². The van der Waals surface area contributed by atoms with Crippen LogP contribution < -0.4 is 0 Å². The van der Waals surface area contributed by atoms with Crippen LogP contribution in [0.5, 0.6) is 0 Å². The molecule has 150 valence electrons. The summed E-state index contributed by atoms with van der Waals surface area (Å²) in [5.74, 6) is -0.733. The lowest BCUT2D eigenvalue weighted by Gasteiger charge is -2.31. The normalized spacial score (nSPS) is 26.1. The highest BCUT2D eigenvalue weighted by atomic mass is 16.5. The molecular formula is C24H25NO4. The van der Waals surface area contributed by atoms with E-state index >= 15 is 0 Å². The lowest BCUT2D eigenvalue weighted by molar-refractivity contribution is -0.157. The number of esters is 1. The molecule has 2 aromatic carbocycles. The van der Waals surface area contributed by atoms with Gasteiger partial charge in [0.25, 0.3) is 5.91 Å². The Labute approximate surface area is 170 Å². The van der Waals surface area contributed by atoms with E-state index in [0.717, 1.165) is 17.5 Å². The largest absolute Gasteiger partial charge is 0.467 e. The number of carbonyl (C=O) groups is 2. The predicted octanol–water partition coefficient (Wildman–Crippen LogP) is 3.46. The fourth-order valence-corrected chi connectivity index (χ4v) is 4.26. The predicted molar refractivity (Wildman–Crippen MR) is 109 cm³/mol. The van der Waals surface area contributed by atoms with Gasteiger partial charge < -0.3 is 14.4 Å². The summed E-state index contributed by atoms with van der Waals surface area (Å²) in [6.45, 7) is 0.329. The molecule has 5 heteroatoms. The zero-order valence-corrected chi connectivity index (χ0v) is 16.4. The van der Waals surface area contributed by atoms with Gasteiger partial charge in [-0.15, -0.1) is 0 Å². The van der Waals surface area contributed by atoms with E-state index in [4.69, 9.17) is 9.47 Å². The molecule has 0 bridgehead atoms. The van der Waals surface area contributed by atoms with Crippen LogP contribution in [0, 0.1) is 0 Å². The molecule has 0 spiro atoms. The molecule has 2 aliphatic rings. The van der Waals surface area contributed by atoms with Crippen molar-refractivity contribution in [2.45, 2.75) is 43.6 Å². The first-order valence-electron chi connectivity index (χ1n) is 9.98. The van der Waals surface area contributed by atoms with Crippen LogP contribution in [0.3, 0.4) is 0 Å². The van der Waals surface area contributed by atoms with Crippen LogP contribution in [0.15, 0.2) is 72.8 Å². The third-order valence-electron chi connectivity index (χ3n) is 5.72. The molecular weight excluding hydrogens is 366 g/mol. The molecule has 1 amide bonds. The van der Waals surface area contributed by atoms with Crippen LogP contribution in [-0.2, 0) is 25.7 Å². The van der Waals surface area contributed by atoms with Crippen LogP contribution in [-0.4, -0.2) is 42.1 Å². The summed E-state index contributed by atoms with van der Waals surface area (Å²) >= 11 is 0. The molecule has 2 aromatic rings. The summed E-state index contributed by atoms with van der Waals surface area (Å²) < 4.78 is 11.2. The number of rotatable bonds is 5. The van der Waals surface area contributed by atoms with Crippen LogP contribution in [0.1, 0.15) is 29.9 Å². The Morgan fingerprint density at radius 2 is 1.69 bits per heavy atom. The van der Waals surface area contributed by atoms with Gasteiger partial charge >= 0.3 is 5.97 Å². The van der Waals surface area contributed by atoms with Gasteiger partial charge in [0.05, 0.1) is 19.8 Å². The standard InChI is InChI=1S/C24H25NO4/c1-28-24(27)21-15-13-19-12-14-20(18-10-6-3-7-11-18)22(23(26)25(19)21)29-16-17-8-4-2-5-9-17/h2-12,14,19-22H,13,15-16H2,1H3/t19-,20?,21-,22?/m0/s1. The van der Waals surface area contributed by atoms with Gasteiger partial charge in [-0.25, -0.2) is 4.79 Å². The molecule has 0 aromatic heterocycles. The average molecular weight is 391 g/mol. The molecule has 2 aliphatic heterocycles. The molecule has 1 fully saturated rings. The van der Waals surface area contributed by atoms with Crippen molar-refractivity contribution in [3.05, 3.63) is 83.9 Å². The van der Waals surface area contributed by atoms with Gasteiger partial charge in [0.15, 0.2) is 0 Å². The van der Waals surface area contributed by atoms with Crippen LogP contribution >= 0.6 is 0 Å². The molecule has 0 radical (unpaired) electrons. The minimum Gasteiger partial charge on any atom is -0.467 e. The fraction of sp³-hybridized carbons (Fsp3) is 0.333. The first-order chi connectivity index (χ1) is 14.2. The molecule has 2 unspecified atom stereocenters. The first-order valence-corrected chi connectivity index (χ1v) is 9.98. The van der Waals surface area contributed by atoms with E-state index in [1.165, 1.54) is 7.11 Å². The first kappa shape index (κ1) is 19.4. The molecule has 0 saturated carbocycles. The van der Waals surface area contributed by atoms with Crippen molar-refractivity contribution in [1.82, 2.24) is 4.90 Å². The monoisotopic (exact) mass is 391 g/mol. The molecule has 4 rings (SSSR count). The fourth-order valence-electron chi connectivity index (χ4n) is 4.26. The van der Waals surface area contributed by atoms with E-state index in [-0.39, 0.29) is 23.8 Å². The maximum Gasteiger partial charge on any atom is 0.328 e. The Morgan fingerprint density at radius 1 is 1.00 bits per heavy atom. The van der Waals surface area contributed by atoms with Crippen molar-refractivity contribution in [3.63, 3.8) is 0 Å². The van der Waals surface area contributed by atoms with Gasteiger partial charge in [-0.05, 0) is 24.0 Å². The second-order valence-electron chi connectivity index (χ2n) is 7.47. The number of benzene rings is 2. The number of hydrogen-bond donors (Lipinski definition) is 0. The number of carbonyl (C=O) groups excluding carboxylic acids is 2. The van der Waals surface area contributed by atoms with Crippen LogP contribution in [0.25, 0.3) is 0 Å². The summed E-state index contributed by atoms with van der Waals surface area (Å²) in [7, 11) is 1.37. The van der Waals surface area contributed by atoms with Crippen molar-refractivity contribution in [1.29, 1.82) is 0 Å². The Hall–Kier alpha value is -2.92. The van der Waals surface area contributed by atoms with E-state index in [2.05, 4.69) is 6.08 Å². The van der Waals surface area contributed by atoms with E-state index in [1.54, 1.807) is 4.90 Å². The van der Waals surface area contributed by atoms with Gasteiger partial charge in [0, 0.05) is 5.92 Å². The van der Waals surface area contributed by atoms with E-state index in [9.17, 15) is 9.59 Å². The second-order valence-corrected chi connectivity index (χ2v) is 7.47. The SMILES string of the molecule is COC(=O)[C@@H]1CC[C@@H]2C=CC(c3ccccc3)C(OCc3ccccc3)C(=O)N21. The highest BCUT2D eigenvalue weighted by Gasteiger charge is 2.46. The van der Waals surface area contributed by atoms with Gasteiger partial charge in [-0.2, -0.15) is 0 Å². The maximum atomic E-state index is 13.6. The van der Waals surface area contributed by atoms with Crippen LogP contribution in [0.2, 0.25) is 0 Å². The molecule has 5 nitrogen and oxygen atoms in total. The summed E-state index contributed by atoms with van der Waals surface area (Å²) in [6.07, 6.45) is 4.76. The van der Waals surface area contributed by atoms with E-state index in [1.807, 2.05) is 66.7 Å². The van der Waals surface area contributed by atoms with Gasteiger partial charge in [0.2, 0.25) is 0 Å². The topological polar surface area (TPSA) is 55.8 Å². The summed E-state index contributed by atoms with van der Waals surface area (Å²) in [5, 5.41) is 0. The third kappa shape index (κ3) is 3.96. The molecule has 1 saturated heterocycles. The smallest absolute Gasteiger partial charge is 0.328 e. The average Bonchev–Trinajstić information content (AvgIpc) is 3.14. The minimum absolute atomic E-state index is 0.108. The van der Waals surface area contributed by atoms with Gasteiger partial charge in [-0.3, -0.25) is 4.79 Å². The number of ether oxygens (including phenoxy) is 2. The summed E-state index contributed by atoms with van der Waals surface area (Å²) in [4.78, 5) is 27.6. The highest BCUT2D eigenvalue weighted by molar-refractivity contribution is 5.89. The van der Waals surface area contributed by atoms with Crippen molar-refractivity contribution in [2.75, 3.05) is 7.11 Å². The number of amides is 1. The summed E-state index contributed by atoms with van der Waals surface area (Å²) in [5.41, 5.74) is 2.02. The lowest BCUT2D eigenvalue weighted by Crippen LogP contribution is -2.49. The molecule has 4 atom stereocenters. The third-order valence-corrected chi connectivity index (χ3v) is 5.72. The van der Waals surface area contributed by atoms with Crippen LogP contribution in [0.4, 0.5) is 0 Å². The quantitative estimate of drug-likeness (QED) is 0.579. The molecule has 0 aliphatic carbocycles. The number of fused-ring (bicyclic) bond motifs is 1. The number of hydrogen-bond acceptors (Lipinski definition) is 4. The Morgan fingerprint density at radius 3 is 2.38 bits per heavy atom. The zero-order chi connectivity index (χ0) is 20.2. The zero-order valence-electron chi connectivity index (χ0n) is 16.4. The van der Waals surface area contributed by atoms with Crippen molar-refractivity contribution in [2.24, 2.45) is 0 Å². The second kappa shape index (κ2) is 8.62. The Balaban J connectivity index is 1.66. The number of methoxy groups -OCH3 is 1. The Bertz CT molecular complexity index is 880.